The molecule has 144 valence electrons. The quantitative estimate of drug-likeness (QED) is 0.876. The van der Waals surface area contributed by atoms with E-state index in [2.05, 4.69) is 28.4 Å². The normalized spacial score (nSPS) is 14.9. The number of urea groups is 1. The van der Waals surface area contributed by atoms with Gasteiger partial charge in [0.1, 0.15) is 5.75 Å². The number of hydrogen-bond donors (Lipinski definition) is 1. The minimum absolute atomic E-state index is 0.00699. The molecule has 5 nitrogen and oxygen atoms in total. The van der Waals surface area contributed by atoms with Crippen LogP contribution in [0.2, 0.25) is 0 Å². The molecule has 2 aromatic carbocycles. The number of amides is 2. The Kier molecular flexibility index (Phi) is 6.35. The summed E-state index contributed by atoms with van der Waals surface area (Å²) in [5.74, 6) is 0.903. The van der Waals surface area contributed by atoms with E-state index in [0.717, 1.165) is 61.7 Å². The van der Waals surface area contributed by atoms with Gasteiger partial charge in [0.05, 0.1) is 7.11 Å². The Bertz CT molecular complexity index is 763. The number of ether oxygens (including phenoxy) is 1. The topological polar surface area (TPSA) is 44.8 Å². The highest BCUT2D eigenvalue weighted by atomic mass is 16.5. The van der Waals surface area contributed by atoms with Crippen LogP contribution < -0.4 is 10.1 Å². The largest absolute Gasteiger partial charge is 0.497 e. The van der Waals surface area contributed by atoms with Crippen molar-refractivity contribution in [2.75, 3.05) is 45.2 Å². The fourth-order valence-corrected chi connectivity index (χ4v) is 3.54. The van der Waals surface area contributed by atoms with E-state index >= 15 is 0 Å². The van der Waals surface area contributed by atoms with Gasteiger partial charge in [0.25, 0.3) is 0 Å². The molecule has 0 bridgehead atoms. The number of methoxy groups -OCH3 is 1. The molecule has 27 heavy (non-hydrogen) atoms. The molecule has 2 amide bonds. The van der Waals surface area contributed by atoms with Crippen molar-refractivity contribution in [3.63, 3.8) is 0 Å². The molecular formula is C22H29N3O2. The van der Waals surface area contributed by atoms with Crippen molar-refractivity contribution >= 4 is 11.7 Å². The molecule has 5 heteroatoms. The van der Waals surface area contributed by atoms with Crippen molar-refractivity contribution in [2.24, 2.45) is 0 Å². The Labute approximate surface area is 161 Å². The SMILES string of the molecule is COc1cccc(CCN2CCN(C(=O)Nc3cc(C)cc(C)c3)CC2)c1. The number of anilines is 1. The number of benzene rings is 2. The molecule has 0 aromatic heterocycles. The van der Waals surface area contributed by atoms with E-state index in [9.17, 15) is 4.79 Å². The number of aryl methyl sites for hydroxylation is 2. The first-order chi connectivity index (χ1) is 13.0. The van der Waals surface area contributed by atoms with E-state index in [1.54, 1.807) is 7.11 Å². The zero-order valence-corrected chi connectivity index (χ0v) is 16.5. The van der Waals surface area contributed by atoms with Crippen molar-refractivity contribution in [3.8, 4) is 5.75 Å². The maximum Gasteiger partial charge on any atom is 0.321 e. The monoisotopic (exact) mass is 367 g/mol. The van der Waals surface area contributed by atoms with Crippen LogP contribution in [0.3, 0.4) is 0 Å². The summed E-state index contributed by atoms with van der Waals surface area (Å²) in [6, 6.07) is 14.3. The lowest BCUT2D eigenvalue weighted by molar-refractivity contribution is 0.148. The molecule has 0 radical (unpaired) electrons. The van der Waals surface area contributed by atoms with Crippen LogP contribution in [-0.4, -0.2) is 55.7 Å². The average Bonchev–Trinajstić information content (AvgIpc) is 2.66. The number of carbonyl (C=O) groups excluding carboxylic acids is 1. The molecule has 0 atom stereocenters. The fraction of sp³-hybridized carbons (Fsp3) is 0.409. The van der Waals surface area contributed by atoms with Crippen molar-refractivity contribution in [1.29, 1.82) is 0 Å². The molecule has 1 heterocycles. The maximum atomic E-state index is 12.5. The van der Waals surface area contributed by atoms with Gasteiger partial charge in [-0.3, -0.25) is 4.90 Å². The third-order valence-electron chi connectivity index (χ3n) is 4.98. The van der Waals surface area contributed by atoms with Crippen LogP contribution in [0.5, 0.6) is 5.75 Å². The molecular weight excluding hydrogens is 338 g/mol. The summed E-state index contributed by atoms with van der Waals surface area (Å²) in [5, 5.41) is 3.03. The molecule has 1 fully saturated rings. The van der Waals surface area contributed by atoms with E-state index in [0.29, 0.717) is 0 Å². The molecule has 3 rings (SSSR count). The minimum atomic E-state index is -0.00699. The highest BCUT2D eigenvalue weighted by Gasteiger charge is 2.21. The Morgan fingerprint density at radius 1 is 1.04 bits per heavy atom. The summed E-state index contributed by atoms with van der Waals surface area (Å²) in [6.45, 7) is 8.42. The van der Waals surface area contributed by atoms with Gasteiger partial charge in [-0.05, 0) is 61.2 Å². The second-order valence-corrected chi connectivity index (χ2v) is 7.24. The lowest BCUT2D eigenvalue weighted by atomic mass is 10.1. The van der Waals surface area contributed by atoms with Gasteiger partial charge < -0.3 is 15.0 Å². The molecule has 2 aromatic rings. The van der Waals surface area contributed by atoms with Crippen LogP contribution in [0.4, 0.5) is 10.5 Å². The van der Waals surface area contributed by atoms with Crippen LogP contribution in [0.1, 0.15) is 16.7 Å². The molecule has 1 N–H and O–H groups in total. The van der Waals surface area contributed by atoms with Crippen LogP contribution in [0.15, 0.2) is 42.5 Å². The van der Waals surface area contributed by atoms with Gasteiger partial charge >= 0.3 is 6.03 Å². The molecule has 0 saturated carbocycles. The van der Waals surface area contributed by atoms with Crippen molar-refractivity contribution in [1.82, 2.24) is 9.80 Å². The van der Waals surface area contributed by atoms with Crippen LogP contribution in [0.25, 0.3) is 0 Å². The highest BCUT2D eigenvalue weighted by Crippen LogP contribution is 2.16. The Morgan fingerprint density at radius 3 is 2.41 bits per heavy atom. The molecule has 1 aliphatic rings. The predicted octanol–water partition coefficient (Wildman–Crippen LogP) is 3.70. The molecule has 0 aliphatic carbocycles. The van der Waals surface area contributed by atoms with Gasteiger partial charge in [-0.25, -0.2) is 4.79 Å². The minimum Gasteiger partial charge on any atom is -0.497 e. The zero-order chi connectivity index (χ0) is 19.2. The van der Waals surface area contributed by atoms with Gasteiger partial charge in [0.15, 0.2) is 0 Å². The summed E-state index contributed by atoms with van der Waals surface area (Å²) in [6.07, 6.45) is 0.992. The third kappa shape index (κ3) is 5.47. The number of carbonyl (C=O) groups is 1. The smallest absolute Gasteiger partial charge is 0.321 e. The number of hydrogen-bond acceptors (Lipinski definition) is 3. The number of nitrogens with one attached hydrogen (secondary N) is 1. The Hall–Kier alpha value is -2.53. The first kappa shape index (κ1) is 19.2. The molecule has 1 saturated heterocycles. The Morgan fingerprint density at radius 2 is 1.74 bits per heavy atom. The third-order valence-corrected chi connectivity index (χ3v) is 4.98. The lowest BCUT2D eigenvalue weighted by Gasteiger charge is -2.34. The van der Waals surface area contributed by atoms with Gasteiger partial charge in [0.2, 0.25) is 0 Å². The second kappa shape index (κ2) is 8.91. The summed E-state index contributed by atoms with van der Waals surface area (Å²) < 4.78 is 5.29. The lowest BCUT2D eigenvalue weighted by Crippen LogP contribution is -2.50. The van der Waals surface area contributed by atoms with E-state index < -0.39 is 0 Å². The van der Waals surface area contributed by atoms with Crippen LogP contribution >= 0.6 is 0 Å². The first-order valence-electron chi connectivity index (χ1n) is 9.53. The molecule has 1 aliphatic heterocycles. The second-order valence-electron chi connectivity index (χ2n) is 7.24. The number of nitrogens with zero attached hydrogens (tertiary/aromatic N) is 2. The summed E-state index contributed by atoms with van der Waals surface area (Å²) in [4.78, 5) is 16.8. The van der Waals surface area contributed by atoms with Gasteiger partial charge in [-0.1, -0.05) is 18.2 Å². The van der Waals surface area contributed by atoms with Crippen molar-refractivity contribution < 1.29 is 9.53 Å². The van der Waals surface area contributed by atoms with Gasteiger partial charge in [-0.15, -0.1) is 0 Å². The molecule has 0 spiro atoms. The Balaban J connectivity index is 1.46. The number of rotatable bonds is 5. The first-order valence-corrected chi connectivity index (χ1v) is 9.53. The van der Waals surface area contributed by atoms with Crippen molar-refractivity contribution in [3.05, 3.63) is 59.2 Å². The average molecular weight is 367 g/mol. The number of piperazine rings is 1. The fourth-order valence-electron chi connectivity index (χ4n) is 3.54. The predicted molar refractivity (Wildman–Crippen MR) is 110 cm³/mol. The van der Waals surface area contributed by atoms with E-state index in [1.807, 2.05) is 43.0 Å². The highest BCUT2D eigenvalue weighted by molar-refractivity contribution is 5.89. The van der Waals surface area contributed by atoms with Gasteiger partial charge in [0, 0.05) is 38.4 Å². The zero-order valence-electron chi connectivity index (χ0n) is 16.5. The summed E-state index contributed by atoms with van der Waals surface area (Å²) in [7, 11) is 1.70. The standard InChI is InChI=1S/C22H29N3O2/c1-17-13-18(2)15-20(14-17)23-22(26)25-11-9-24(10-12-25)8-7-19-5-4-6-21(16-19)27-3/h4-6,13-16H,7-12H2,1-3H3,(H,23,26). The van der Waals surface area contributed by atoms with Crippen LogP contribution in [0, 0.1) is 13.8 Å². The van der Waals surface area contributed by atoms with E-state index in [4.69, 9.17) is 4.74 Å². The van der Waals surface area contributed by atoms with Crippen molar-refractivity contribution in [2.45, 2.75) is 20.3 Å². The van der Waals surface area contributed by atoms with Crippen LogP contribution in [-0.2, 0) is 6.42 Å². The maximum absolute atomic E-state index is 12.5. The summed E-state index contributed by atoms with van der Waals surface area (Å²) in [5.41, 5.74) is 4.47. The van der Waals surface area contributed by atoms with E-state index in [1.165, 1.54) is 5.56 Å². The van der Waals surface area contributed by atoms with Gasteiger partial charge in [-0.2, -0.15) is 0 Å². The van der Waals surface area contributed by atoms with E-state index in [-0.39, 0.29) is 6.03 Å². The molecule has 0 unspecified atom stereocenters. The summed E-state index contributed by atoms with van der Waals surface area (Å²) >= 11 is 0.